The average molecular weight is 381 g/mol. The van der Waals surface area contributed by atoms with E-state index in [2.05, 4.69) is 15.3 Å². The van der Waals surface area contributed by atoms with E-state index in [1.165, 1.54) is 6.20 Å². The standard InChI is InChI=1S/C21H23N3O4/c1-12(2)28-21(25)18-11-22-20-17(7-6-13(3)23-20)19(18)24-14-8-15(26-4)10-16(9-14)27-5/h6-12H,1-5H3,(H,22,23,24). The van der Waals surface area contributed by atoms with Gasteiger partial charge < -0.3 is 19.5 Å². The van der Waals surface area contributed by atoms with Crippen LogP contribution in [0.2, 0.25) is 0 Å². The maximum absolute atomic E-state index is 12.7. The fourth-order valence-corrected chi connectivity index (χ4v) is 2.76. The second-order valence-corrected chi connectivity index (χ2v) is 6.55. The summed E-state index contributed by atoms with van der Waals surface area (Å²) in [7, 11) is 3.16. The van der Waals surface area contributed by atoms with Crippen molar-refractivity contribution in [2.45, 2.75) is 26.9 Å². The number of anilines is 2. The van der Waals surface area contributed by atoms with Crippen LogP contribution in [0.5, 0.6) is 11.5 Å². The van der Waals surface area contributed by atoms with Crippen LogP contribution in [0.3, 0.4) is 0 Å². The van der Waals surface area contributed by atoms with Gasteiger partial charge in [-0.1, -0.05) is 0 Å². The minimum Gasteiger partial charge on any atom is -0.497 e. The van der Waals surface area contributed by atoms with Crippen LogP contribution < -0.4 is 14.8 Å². The summed E-state index contributed by atoms with van der Waals surface area (Å²) < 4.78 is 16.1. The van der Waals surface area contributed by atoms with Crippen LogP contribution >= 0.6 is 0 Å². The smallest absolute Gasteiger partial charge is 0.342 e. The molecule has 0 amide bonds. The summed E-state index contributed by atoms with van der Waals surface area (Å²) in [6, 6.07) is 9.16. The lowest BCUT2D eigenvalue weighted by Gasteiger charge is -2.16. The molecule has 0 aliphatic heterocycles. The van der Waals surface area contributed by atoms with Gasteiger partial charge in [0.15, 0.2) is 5.65 Å². The topological polar surface area (TPSA) is 82.6 Å². The fourth-order valence-electron chi connectivity index (χ4n) is 2.76. The molecule has 0 fully saturated rings. The number of carbonyl (C=O) groups is 1. The molecule has 28 heavy (non-hydrogen) atoms. The predicted octanol–water partition coefficient (Wildman–Crippen LogP) is 4.26. The van der Waals surface area contributed by atoms with Gasteiger partial charge in [0.05, 0.1) is 26.0 Å². The number of fused-ring (bicyclic) bond motifs is 1. The quantitative estimate of drug-likeness (QED) is 0.639. The first-order valence-electron chi connectivity index (χ1n) is 8.88. The number of benzene rings is 1. The number of aromatic nitrogens is 2. The molecule has 0 atom stereocenters. The Kier molecular flexibility index (Phi) is 5.63. The number of hydrogen-bond acceptors (Lipinski definition) is 7. The molecule has 1 N–H and O–H groups in total. The highest BCUT2D eigenvalue weighted by molar-refractivity contribution is 6.05. The summed E-state index contributed by atoms with van der Waals surface area (Å²) in [6.07, 6.45) is 1.24. The van der Waals surface area contributed by atoms with Crippen molar-refractivity contribution in [3.05, 3.63) is 47.8 Å². The summed E-state index contributed by atoms with van der Waals surface area (Å²) in [5.41, 5.74) is 2.97. The molecule has 0 saturated heterocycles. The second-order valence-electron chi connectivity index (χ2n) is 6.55. The van der Waals surface area contributed by atoms with Crippen molar-refractivity contribution in [2.24, 2.45) is 0 Å². The molecular formula is C21H23N3O4. The van der Waals surface area contributed by atoms with Crippen LogP contribution in [0.4, 0.5) is 11.4 Å². The molecule has 3 rings (SSSR count). The number of esters is 1. The van der Waals surface area contributed by atoms with Gasteiger partial charge >= 0.3 is 5.97 Å². The van der Waals surface area contributed by atoms with Crippen LogP contribution in [0.15, 0.2) is 36.5 Å². The Bertz CT molecular complexity index is 996. The summed E-state index contributed by atoms with van der Waals surface area (Å²) >= 11 is 0. The van der Waals surface area contributed by atoms with E-state index in [9.17, 15) is 4.79 Å². The van der Waals surface area contributed by atoms with Gasteiger partial charge in [-0.3, -0.25) is 0 Å². The third-order valence-corrected chi connectivity index (χ3v) is 4.05. The van der Waals surface area contributed by atoms with E-state index in [1.807, 2.05) is 31.2 Å². The molecule has 1 aromatic carbocycles. The number of nitrogens with one attached hydrogen (secondary N) is 1. The fraction of sp³-hybridized carbons (Fsp3) is 0.286. The van der Waals surface area contributed by atoms with Crippen molar-refractivity contribution >= 4 is 28.4 Å². The van der Waals surface area contributed by atoms with Crippen molar-refractivity contribution in [1.29, 1.82) is 0 Å². The number of pyridine rings is 2. The number of rotatable bonds is 6. The molecule has 0 spiro atoms. The number of hydrogen-bond donors (Lipinski definition) is 1. The van der Waals surface area contributed by atoms with E-state index in [0.717, 1.165) is 5.69 Å². The van der Waals surface area contributed by atoms with Gasteiger partial charge in [-0.2, -0.15) is 0 Å². The average Bonchev–Trinajstić information content (AvgIpc) is 2.66. The third kappa shape index (κ3) is 4.14. The first kappa shape index (κ1) is 19.4. The summed E-state index contributed by atoms with van der Waals surface area (Å²) in [5.74, 6) is 0.795. The first-order chi connectivity index (χ1) is 13.4. The van der Waals surface area contributed by atoms with Crippen molar-refractivity contribution < 1.29 is 19.0 Å². The lowest BCUT2D eigenvalue weighted by Crippen LogP contribution is -2.14. The molecule has 7 nitrogen and oxygen atoms in total. The van der Waals surface area contributed by atoms with Crippen LogP contribution in [-0.4, -0.2) is 36.3 Å². The summed E-state index contributed by atoms with van der Waals surface area (Å²) in [4.78, 5) is 21.4. The zero-order chi connectivity index (χ0) is 20.3. The zero-order valence-corrected chi connectivity index (χ0v) is 16.6. The Morgan fingerprint density at radius 3 is 2.36 bits per heavy atom. The Balaban J connectivity index is 2.15. The van der Waals surface area contributed by atoms with Gasteiger partial charge in [0, 0.05) is 41.2 Å². The molecule has 7 heteroatoms. The minimum absolute atomic E-state index is 0.246. The van der Waals surface area contributed by atoms with Crippen molar-refractivity contribution in [1.82, 2.24) is 9.97 Å². The molecule has 146 valence electrons. The predicted molar refractivity (Wildman–Crippen MR) is 108 cm³/mol. The Morgan fingerprint density at radius 1 is 1.07 bits per heavy atom. The Hall–Kier alpha value is -3.35. The van der Waals surface area contributed by atoms with Gasteiger partial charge in [0.1, 0.15) is 17.1 Å². The van der Waals surface area contributed by atoms with Gasteiger partial charge in [0.2, 0.25) is 0 Å². The van der Waals surface area contributed by atoms with Crippen LogP contribution in [0.1, 0.15) is 29.9 Å². The number of ether oxygens (including phenoxy) is 3. The maximum Gasteiger partial charge on any atom is 0.342 e. The van der Waals surface area contributed by atoms with E-state index in [-0.39, 0.29) is 6.10 Å². The molecule has 0 radical (unpaired) electrons. The largest absolute Gasteiger partial charge is 0.497 e. The molecule has 0 bridgehead atoms. The molecule has 0 aliphatic rings. The highest BCUT2D eigenvalue weighted by Gasteiger charge is 2.19. The number of aryl methyl sites for hydroxylation is 1. The molecule has 2 aromatic heterocycles. The zero-order valence-electron chi connectivity index (χ0n) is 16.6. The van der Waals surface area contributed by atoms with E-state index in [1.54, 1.807) is 34.1 Å². The van der Waals surface area contributed by atoms with Crippen molar-refractivity contribution in [3.8, 4) is 11.5 Å². The van der Waals surface area contributed by atoms with E-state index in [0.29, 0.717) is 39.5 Å². The van der Waals surface area contributed by atoms with Crippen LogP contribution in [0, 0.1) is 6.92 Å². The van der Waals surface area contributed by atoms with E-state index >= 15 is 0 Å². The monoisotopic (exact) mass is 381 g/mol. The highest BCUT2D eigenvalue weighted by Crippen LogP contribution is 2.33. The van der Waals surface area contributed by atoms with Gasteiger partial charge in [-0.05, 0) is 32.9 Å². The molecule has 0 aliphatic carbocycles. The first-order valence-corrected chi connectivity index (χ1v) is 8.88. The molecular weight excluding hydrogens is 358 g/mol. The molecule has 0 saturated carbocycles. The SMILES string of the molecule is COc1cc(Nc2c(C(=O)OC(C)C)cnc3nc(C)ccc23)cc(OC)c1. The molecule has 0 unspecified atom stereocenters. The van der Waals surface area contributed by atoms with Crippen molar-refractivity contribution in [2.75, 3.05) is 19.5 Å². The highest BCUT2D eigenvalue weighted by atomic mass is 16.5. The number of methoxy groups -OCH3 is 2. The number of carbonyl (C=O) groups excluding carboxylic acids is 1. The normalized spacial score (nSPS) is 10.8. The summed E-state index contributed by atoms with van der Waals surface area (Å²) in [6.45, 7) is 5.50. The van der Waals surface area contributed by atoms with Crippen LogP contribution in [0.25, 0.3) is 11.0 Å². The Morgan fingerprint density at radius 2 is 1.75 bits per heavy atom. The van der Waals surface area contributed by atoms with Gasteiger partial charge in [0.25, 0.3) is 0 Å². The summed E-state index contributed by atoms with van der Waals surface area (Å²) in [5, 5.41) is 4.01. The van der Waals surface area contributed by atoms with E-state index in [4.69, 9.17) is 14.2 Å². The lowest BCUT2D eigenvalue weighted by molar-refractivity contribution is 0.0379. The van der Waals surface area contributed by atoms with Crippen LogP contribution in [-0.2, 0) is 4.74 Å². The maximum atomic E-state index is 12.7. The van der Waals surface area contributed by atoms with E-state index < -0.39 is 5.97 Å². The number of nitrogens with zero attached hydrogens (tertiary/aromatic N) is 2. The minimum atomic E-state index is -0.456. The van der Waals surface area contributed by atoms with Crippen molar-refractivity contribution in [3.63, 3.8) is 0 Å². The van der Waals surface area contributed by atoms with Gasteiger partial charge in [-0.15, -0.1) is 0 Å². The van der Waals surface area contributed by atoms with Gasteiger partial charge in [-0.25, -0.2) is 14.8 Å². The lowest BCUT2D eigenvalue weighted by atomic mass is 10.1. The second kappa shape index (κ2) is 8.12. The third-order valence-electron chi connectivity index (χ3n) is 4.05. The molecule has 3 aromatic rings. The molecule has 2 heterocycles. The Labute approximate surface area is 163 Å².